The zero-order valence-corrected chi connectivity index (χ0v) is 36.3. The average molecular weight is 721 g/mol. The number of rotatable bonds is 20. The van der Waals surface area contributed by atoms with Gasteiger partial charge in [0.25, 0.3) is 0 Å². The van der Waals surface area contributed by atoms with Gasteiger partial charge in [-0.15, -0.1) is 0 Å². The first-order chi connectivity index (χ1) is 24.7. The van der Waals surface area contributed by atoms with Gasteiger partial charge in [0.2, 0.25) is 0 Å². The van der Waals surface area contributed by atoms with E-state index in [0.717, 1.165) is 36.5 Å². The molecular formula is C50H88O2. The molecule has 5 rings (SSSR count). The van der Waals surface area contributed by atoms with Gasteiger partial charge in [-0.1, -0.05) is 163 Å². The van der Waals surface area contributed by atoms with E-state index in [0.29, 0.717) is 34.0 Å². The highest BCUT2D eigenvalue weighted by molar-refractivity contribution is 5.69. The number of carbonyl (C=O) groups excluding carboxylic acids is 1. The van der Waals surface area contributed by atoms with Crippen molar-refractivity contribution in [3.05, 3.63) is 12.2 Å². The van der Waals surface area contributed by atoms with Gasteiger partial charge in [-0.2, -0.15) is 0 Å². The molecule has 10 atom stereocenters. The lowest BCUT2D eigenvalue weighted by Crippen LogP contribution is -2.66. The van der Waals surface area contributed by atoms with Crippen LogP contribution >= 0.6 is 0 Å². The Morgan fingerprint density at radius 2 is 1.15 bits per heavy atom. The summed E-state index contributed by atoms with van der Waals surface area (Å²) in [5.74, 6) is 3.89. The number of carbonyl (C=O) groups is 1. The number of hydrogen-bond donors (Lipinski definition) is 0. The number of unbranched alkanes of at least 4 members (excludes halogenated alkanes) is 16. The summed E-state index contributed by atoms with van der Waals surface area (Å²) in [4.78, 5) is 13.2. The Morgan fingerprint density at radius 1 is 0.596 bits per heavy atom. The lowest BCUT2D eigenvalue weighted by molar-refractivity contribution is -0.249. The van der Waals surface area contributed by atoms with Crippen LogP contribution in [-0.2, 0) is 9.53 Å². The number of hydrogen-bond acceptors (Lipinski definition) is 2. The van der Waals surface area contributed by atoms with Gasteiger partial charge in [-0.3, -0.25) is 4.79 Å². The Balaban J connectivity index is 1.02. The van der Waals surface area contributed by atoms with Crippen molar-refractivity contribution in [1.82, 2.24) is 0 Å². The molecule has 0 radical (unpaired) electrons. The molecule has 0 bridgehead atoms. The van der Waals surface area contributed by atoms with E-state index in [4.69, 9.17) is 4.74 Å². The van der Waals surface area contributed by atoms with Crippen LogP contribution in [-0.4, -0.2) is 12.1 Å². The summed E-state index contributed by atoms with van der Waals surface area (Å²) in [6.45, 7) is 25.0. The topological polar surface area (TPSA) is 26.3 Å². The molecule has 0 heterocycles. The van der Waals surface area contributed by atoms with Crippen molar-refractivity contribution >= 4 is 5.97 Å². The Kier molecular flexibility index (Phi) is 14.7. The van der Waals surface area contributed by atoms with E-state index in [1.807, 2.05) is 0 Å². The minimum absolute atomic E-state index is 0.0393. The summed E-state index contributed by atoms with van der Waals surface area (Å²) in [5.41, 5.74) is 3.18. The molecule has 0 aliphatic heterocycles. The zero-order valence-electron chi connectivity index (χ0n) is 36.3. The van der Waals surface area contributed by atoms with Crippen molar-refractivity contribution in [2.75, 3.05) is 0 Å². The molecule has 2 heteroatoms. The van der Waals surface area contributed by atoms with E-state index in [-0.39, 0.29) is 17.5 Å². The van der Waals surface area contributed by atoms with Gasteiger partial charge in [0.15, 0.2) is 0 Å². The fourth-order valence-corrected chi connectivity index (χ4v) is 14.9. The van der Waals surface area contributed by atoms with Crippen molar-refractivity contribution in [3.8, 4) is 0 Å². The summed E-state index contributed by atoms with van der Waals surface area (Å²) in [6, 6.07) is 0. The van der Waals surface area contributed by atoms with Gasteiger partial charge < -0.3 is 4.74 Å². The maximum absolute atomic E-state index is 13.2. The SMILES string of the molecule is C=C(C)[C@@H]1CC[C@]2(C)CC[C@]3(C)[C@H](CC[C@@H]4[C@@]5(C)CC[C@H](OC(=O)CCCCCCCCCCCCCCCCCCC)C(C)(C)[C@@H]5CC[C@]43C)[C@@H]12. The third-order valence-corrected chi connectivity index (χ3v) is 18.2. The summed E-state index contributed by atoms with van der Waals surface area (Å²) >= 11 is 0. The number of allylic oxidation sites excluding steroid dienone is 1. The van der Waals surface area contributed by atoms with Gasteiger partial charge in [0.1, 0.15) is 6.10 Å². The summed E-state index contributed by atoms with van der Waals surface area (Å²) in [5, 5.41) is 0. The molecule has 5 aliphatic rings. The standard InChI is InChI=1S/C50H88O2/c1-10-11-12-13-14-15-16-17-18-19-20-21-22-23-24-25-26-27-44(51)52-43-32-34-48(7)41(46(43,4)5)31-35-50(9)42(48)29-28-40-45-39(38(2)3)30-33-47(45,6)36-37-49(40,50)8/h39-43,45H,2,10-37H2,1,3-9H3/t39-,40+,41-,42+,43-,45+,47+,48-,49+,50+/m0/s1. The van der Waals surface area contributed by atoms with Crippen LogP contribution in [0.3, 0.4) is 0 Å². The van der Waals surface area contributed by atoms with Crippen molar-refractivity contribution in [2.45, 2.75) is 241 Å². The minimum Gasteiger partial charge on any atom is -0.462 e. The average Bonchev–Trinajstić information content (AvgIpc) is 3.45. The molecule has 0 spiro atoms. The van der Waals surface area contributed by atoms with Gasteiger partial charge in [0, 0.05) is 11.8 Å². The van der Waals surface area contributed by atoms with Crippen molar-refractivity contribution in [1.29, 1.82) is 0 Å². The van der Waals surface area contributed by atoms with Gasteiger partial charge in [-0.05, 0) is 129 Å². The van der Waals surface area contributed by atoms with Crippen LogP contribution < -0.4 is 0 Å². The van der Waals surface area contributed by atoms with Crippen LogP contribution in [0.15, 0.2) is 12.2 Å². The summed E-state index contributed by atoms with van der Waals surface area (Å²) < 4.78 is 6.44. The largest absolute Gasteiger partial charge is 0.462 e. The molecule has 0 aromatic rings. The molecule has 0 aromatic heterocycles. The maximum Gasteiger partial charge on any atom is 0.306 e. The molecule has 5 aliphatic carbocycles. The first kappa shape index (κ1) is 42.4. The van der Waals surface area contributed by atoms with Gasteiger partial charge >= 0.3 is 5.97 Å². The number of ether oxygens (including phenoxy) is 1. The van der Waals surface area contributed by atoms with E-state index in [9.17, 15) is 4.79 Å². The van der Waals surface area contributed by atoms with E-state index in [1.165, 1.54) is 166 Å². The first-order valence-electron chi connectivity index (χ1n) is 23.6. The molecule has 0 amide bonds. The van der Waals surface area contributed by atoms with E-state index in [1.54, 1.807) is 0 Å². The third-order valence-electron chi connectivity index (χ3n) is 18.2. The highest BCUT2D eigenvalue weighted by Crippen LogP contribution is 2.77. The summed E-state index contributed by atoms with van der Waals surface area (Å²) in [6.07, 6.45) is 37.3. The van der Waals surface area contributed by atoms with Crippen molar-refractivity contribution in [2.24, 2.45) is 56.7 Å². The van der Waals surface area contributed by atoms with E-state index in [2.05, 4.69) is 62.0 Å². The molecule has 2 nitrogen and oxygen atoms in total. The van der Waals surface area contributed by atoms with Crippen LogP contribution in [0.1, 0.15) is 235 Å². The second-order valence-electron chi connectivity index (χ2n) is 21.6. The minimum atomic E-state index is 0.0393. The van der Waals surface area contributed by atoms with Crippen LogP contribution in [0, 0.1) is 56.7 Å². The Labute approximate surface area is 324 Å². The Morgan fingerprint density at radius 3 is 1.71 bits per heavy atom. The van der Waals surface area contributed by atoms with Crippen LogP contribution in [0.2, 0.25) is 0 Å². The van der Waals surface area contributed by atoms with Crippen LogP contribution in [0.25, 0.3) is 0 Å². The fraction of sp³-hybridized carbons (Fsp3) is 0.940. The molecule has 5 saturated carbocycles. The van der Waals surface area contributed by atoms with Crippen LogP contribution in [0.4, 0.5) is 0 Å². The molecule has 0 saturated heterocycles. The van der Waals surface area contributed by atoms with Crippen LogP contribution in [0.5, 0.6) is 0 Å². The fourth-order valence-electron chi connectivity index (χ4n) is 14.9. The molecule has 300 valence electrons. The normalized spacial score (nSPS) is 39.2. The highest BCUT2D eigenvalue weighted by Gasteiger charge is 2.70. The summed E-state index contributed by atoms with van der Waals surface area (Å²) in [7, 11) is 0. The molecular weight excluding hydrogens is 633 g/mol. The van der Waals surface area contributed by atoms with Gasteiger partial charge in [0.05, 0.1) is 0 Å². The monoisotopic (exact) mass is 721 g/mol. The predicted octanol–water partition coefficient (Wildman–Crippen LogP) is 15.6. The lowest BCUT2D eigenvalue weighted by atomic mass is 9.32. The van der Waals surface area contributed by atoms with E-state index >= 15 is 0 Å². The Bertz CT molecular complexity index is 1150. The second kappa shape index (κ2) is 18.0. The highest BCUT2D eigenvalue weighted by atomic mass is 16.5. The molecule has 0 unspecified atom stereocenters. The Hall–Kier alpha value is -0.790. The van der Waals surface area contributed by atoms with Crippen molar-refractivity contribution < 1.29 is 9.53 Å². The lowest BCUT2D eigenvalue weighted by Gasteiger charge is -2.73. The molecule has 0 aromatic carbocycles. The number of fused-ring (bicyclic) bond motifs is 7. The van der Waals surface area contributed by atoms with Gasteiger partial charge in [-0.25, -0.2) is 0 Å². The maximum atomic E-state index is 13.2. The number of esters is 1. The molecule has 52 heavy (non-hydrogen) atoms. The zero-order chi connectivity index (χ0) is 37.6. The quantitative estimate of drug-likeness (QED) is 0.0711. The smallest absolute Gasteiger partial charge is 0.306 e. The van der Waals surface area contributed by atoms with Crippen molar-refractivity contribution in [3.63, 3.8) is 0 Å². The van der Waals surface area contributed by atoms with E-state index < -0.39 is 0 Å². The third kappa shape index (κ3) is 8.62. The molecule has 5 fully saturated rings. The molecule has 0 N–H and O–H groups in total. The predicted molar refractivity (Wildman–Crippen MR) is 223 cm³/mol. The second-order valence-corrected chi connectivity index (χ2v) is 21.6. The first-order valence-corrected chi connectivity index (χ1v) is 23.6.